The molecule has 0 saturated heterocycles. The fourth-order valence-corrected chi connectivity index (χ4v) is 3.26. The van der Waals surface area contributed by atoms with E-state index in [-0.39, 0.29) is 5.75 Å². The first kappa shape index (κ1) is 18.3. The molecule has 0 atom stereocenters. The van der Waals surface area contributed by atoms with Crippen molar-refractivity contribution in [2.24, 2.45) is 5.92 Å². The van der Waals surface area contributed by atoms with Crippen LogP contribution in [0.2, 0.25) is 0 Å². The first-order valence-electron chi connectivity index (χ1n) is 8.19. The second-order valence-electron chi connectivity index (χ2n) is 6.20. The fraction of sp³-hybridized carbons (Fsp3) is 0.389. The molecule has 0 aliphatic carbocycles. The number of hydrogen-bond acceptors (Lipinski definition) is 4. The van der Waals surface area contributed by atoms with E-state index in [9.17, 15) is 8.42 Å². The Bertz CT molecular complexity index is 714. The van der Waals surface area contributed by atoms with E-state index in [1.54, 1.807) is 12.1 Å². The van der Waals surface area contributed by atoms with E-state index in [1.165, 1.54) is 6.20 Å². The predicted octanol–water partition coefficient (Wildman–Crippen LogP) is 3.52. The van der Waals surface area contributed by atoms with Gasteiger partial charge in [-0.15, -0.1) is 0 Å². The van der Waals surface area contributed by atoms with E-state index >= 15 is 0 Å². The summed E-state index contributed by atoms with van der Waals surface area (Å²) >= 11 is 0. The molecule has 0 unspecified atom stereocenters. The molecule has 6 heteroatoms. The molecule has 2 rings (SSSR count). The zero-order valence-electron chi connectivity index (χ0n) is 14.2. The van der Waals surface area contributed by atoms with E-state index in [0.29, 0.717) is 18.0 Å². The number of aryl methyl sites for hydroxylation is 1. The van der Waals surface area contributed by atoms with Gasteiger partial charge in [-0.2, -0.15) is 0 Å². The number of nitrogens with zero attached hydrogens (tertiary/aromatic N) is 1. The number of pyridine rings is 1. The van der Waals surface area contributed by atoms with Crippen LogP contribution in [0.4, 0.5) is 11.5 Å². The summed E-state index contributed by atoms with van der Waals surface area (Å²) in [4.78, 5) is 4.24. The van der Waals surface area contributed by atoms with Crippen LogP contribution < -0.4 is 10.0 Å². The highest BCUT2D eigenvalue weighted by Crippen LogP contribution is 2.13. The number of aromatic nitrogens is 1. The molecule has 130 valence electrons. The molecule has 0 bridgehead atoms. The summed E-state index contributed by atoms with van der Waals surface area (Å²) in [7, 11) is -3.38. The first-order valence-corrected chi connectivity index (χ1v) is 9.84. The number of benzene rings is 1. The Labute approximate surface area is 144 Å². The van der Waals surface area contributed by atoms with Crippen molar-refractivity contribution in [3.8, 4) is 0 Å². The number of sulfonamides is 1. The highest BCUT2D eigenvalue weighted by atomic mass is 32.2. The summed E-state index contributed by atoms with van der Waals surface area (Å²) in [6.07, 6.45) is 3.09. The molecule has 0 aliphatic rings. The van der Waals surface area contributed by atoms with Crippen LogP contribution in [0.25, 0.3) is 0 Å². The highest BCUT2D eigenvalue weighted by molar-refractivity contribution is 7.92. The second kappa shape index (κ2) is 8.68. The van der Waals surface area contributed by atoms with Gasteiger partial charge in [-0.05, 0) is 36.5 Å². The van der Waals surface area contributed by atoms with Gasteiger partial charge in [0.25, 0.3) is 0 Å². The lowest BCUT2D eigenvalue weighted by Crippen LogP contribution is -2.18. The molecule has 0 saturated carbocycles. The molecule has 0 amide bonds. The van der Waals surface area contributed by atoms with Crippen molar-refractivity contribution >= 4 is 21.5 Å². The van der Waals surface area contributed by atoms with Gasteiger partial charge in [-0.1, -0.05) is 44.2 Å². The minimum atomic E-state index is -3.38. The van der Waals surface area contributed by atoms with E-state index < -0.39 is 10.0 Å². The average Bonchev–Trinajstić information content (AvgIpc) is 2.55. The predicted molar refractivity (Wildman–Crippen MR) is 99.7 cm³/mol. The Morgan fingerprint density at radius 2 is 1.83 bits per heavy atom. The second-order valence-corrected chi connectivity index (χ2v) is 8.04. The molecule has 24 heavy (non-hydrogen) atoms. The molecule has 1 heterocycles. The molecule has 1 aromatic carbocycles. The molecular weight excluding hydrogens is 322 g/mol. The van der Waals surface area contributed by atoms with Crippen LogP contribution in [0.5, 0.6) is 0 Å². The smallest absolute Gasteiger partial charge is 0.233 e. The number of anilines is 2. The summed E-state index contributed by atoms with van der Waals surface area (Å²) in [6, 6.07) is 13.1. The summed E-state index contributed by atoms with van der Waals surface area (Å²) in [5.41, 5.74) is 1.49. The van der Waals surface area contributed by atoms with Gasteiger partial charge < -0.3 is 5.32 Å². The van der Waals surface area contributed by atoms with Gasteiger partial charge in [0.15, 0.2) is 0 Å². The van der Waals surface area contributed by atoms with Crippen molar-refractivity contribution in [1.82, 2.24) is 4.98 Å². The summed E-state index contributed by atoms with van der Waals surface area (Å²) in [5, 5.41) is 3.22. The lowest BCUT2D eigenvalue weighted by Gasteiger charge is -2.10. The SMILES string of the molecule is CC(C)CCNc1ccc(NS(=O)(=O)CCc2ccccc2)cn1. The largest absolute Gasteiger partial charge is 0.370 e. The number of nitrogens with one attached hydrogen (secondary N) is 2. The minimum absolute atomic E-state index is 0.0470. The van der Waals surface area contributed by atoms with Crippen LogP contribution in [0.3, 0.4) is 0 Å². The van der Waals surface area contributed by atoms with Crippen molar-refractivity contribution < 1.29 is 8.42 Å². The Morgan fingerprint density at radius 3 is 2.46 bits per heavy atom. The van der Waals surface area contributed by atoms with Crippen LogP contribution in [0, 0.1) is 5.92 Å². The van der Waals surface area contributed by atoms with Crippen molar-refractivity contribution in [3.63, 3.8) is 0 Å². The van der Waals surface area contributed by atoms with Gasteiger partial charge in [0.2, 0.25) is 10.0 Å². The maximum absolute atomic E-state index is 12.2. The van der Waals surface area contributed by atoms with Gasteiger partial charge in [-0.25, -0.2) is 13.4 Å². The summed E-state index contributed by atoms with van der Waals surface area (Å²) in [5.74, 6) is 1.43. The first-order chi connectivity index (χ1) is 11.4. The minimum Gasteiger partial charge on any atom is -0.370 e. The van der Waals surface area contributed by atoms with Crippen LogP contribution in [0.1, 0.15) is 25.8 Å². The van der Waals surface area contributed by atoms with Gasteiger partial charge in [0.05, 0.1) is 17.6 Å². The molecule has 0 aliphatic heterocycles. The van der Waals surface area contributed by atoms with E-state index in [0.717, 1.165) is 24.3 Å². The number of rotatable bonds is 9. The molecule has 1 aromatic heterocycles. The molecule has 2 aromatic rings. The Kier molecular flexibility index (Phi) is 6.61. The number of hydrogen-bond donors (Lipinski definition) is 2. The fourth-order valence-electron chi connectivity index (χ4n) is 2.18. The molecule has 0 spiro atoms. The van der Waals surface area contributed by atoms with E-state index in [4.69, 9.17) is 0 Å². The summed E-state index contributed by atoms with van der Waals surface area (Å²) < 4.78 is 26.9. The lowest BCUT2D eigenvalue weighted by molar-refractivity contribution is 0.600. The van der Waals surface area contributed by atoms with E-state index in [2.05, 4.69) is 28.9 Å². The maximum atomic E-state index is 12.2. The third-order valence-corrected chi connectivity index (χ3v) is 4.86. The Hall–Kier alpha value is -2.08. The maximum Gasteiger partial charge on any atom is 0.233 e. The topological polar surface area (TPSA) is 71.1 Å². The standard InChI is InChI=1S/C18H25N3O2S/c1-15(2)10-12-19-18-9-8-17(14-20-18)21-24(22,23)13-11-16-6-4-3-5-7-16/h3-9,14-15,21H,10-13H2,1-2H3,(H,19,20). The highest BCUT2D eigenvalue weighted by Gasteiger charge is 2.11. The Balaban J connectivity index is 1.85. The van der Waals surface area contributed by atoms with Crippen LogP contribution in [-0.4, -0.2) is 25.7 Å². The quantitative estimate of drug-likeness (QED) is 0.728. The third-order valence-electron chi connectivity index (χ3n) is 3.57. The lowest BCUT2D eigenvalue weighted by atomic mass is 10.1. The monoisotopic (exact) mass is 347 g/mol. The van der Waals surface area contributed by atoms with Gasteiger partial charge in [0, 0.05) is 6.54 Å². The van der Waals surface area contributed by atoms with Crippen LogP contribution >= 0.6 is 0 Å². The van der Waals surface area contributed by atoms with Crippen molar-refractivity contribution in [3.05, 3.63) is 54.2 Å². The van der Waals surface area contributed by atoms with Gasteiger partial charge in [-0.3, -0.25) is 4.72 Å². The third kappa shape index (κ3) is 6.58. The normalized spacial score (nSPS) is 11.5. The molecule has 0 fully saturated rings. The van der Waals surface area contributed by atoms with Gasteiger partial charge >= 0.3 is 0 Å². The van der Waals surface area contributed by atoms with Crippen molar-refractivity contribution in [1.29, 1.82) is 0 Å². The summed E-state index contributed by atoms with van der Waals surface area (Å²) in [6.45, 7) is 5.19. The molecular formula is C18H25N3O2S. The van der Waals surface area contributed by atoms with E-state index in [1.807, 2.05) is 30.3 Å². The van der Waals surface area contributed by atoms with Crippen molar-refractivity contribution in [2.75, 3.05) is 22.3 Å². The molecule has 2 N–H and O–H groups in total. The molecule has 5 nitrogen and oxygen atoms in total. The zero-order valence-corrected chi connectivity index (χ0v) is 15.0. The molecule has 0 radical (unpaired) electrons. The van der Waals surface area contributed by atoms with Crippen molar-refractivity contribution in [2.45, 2.75) is 26.7 Å². The zero-order chi connectivity index (χ0) is 17.4. The Morgan fingerprint density at radius 1 is 1.08 bits per heavy atom. The van der Waals surface area contributed by atoms with Gasteiger partial charge in [0.1, 0.15) is 5.82 Å². The average molecular weight is 347 g/mol. The van der Waals surface area contributed by atoms with Crippen LogP contribution in [0.15, 0.2) is 48.7 Å². The van der Waals surface area contributed by atoms with Crippen LogP contribution in [-0.2, 0) is 16.4 Å².